The third-order valence-electron chi connectivity index (χ3n) is 4.82. The van der Waals surface area contributed by atoms with Gasteiger partial charge in [-0.2, -0.15) is 0 Å². The Kier molecular flexibility index (Phi) is 3.57. The molecule has 0 unspecified atom stereocenters. The van der Waals surface area contributed by atoms with Crippen molar-refractivity contribution in [2.45, 2.75) is 19.5 Å². The predicted molar refractivity (Wildman–Crippen MR) is 96.8 cm³/mol. The number of hydrogen-bond donors (Lipinski definition) is 1. The van der Waals surface area contributed by atoms with Gasteiger partial charge >= 0.3 is 0 Å². The first-order valence-corrected chi connectivity index (χ1v) is 8.67. The van der Waals surface area contributed by atoms with Crippen LogP contribution in [0.1, 0.15) is 16.8 Å². The normalized spacial score (nSPS) is 12.6. The van der Waals surface area contributed by atoms with Crippen molar-refractivity contribution in [1.82, 2.24) is 10.1 Å². The van der Waals surface area contributed by atoms with E-state index in [1.165, 1.54) is 0 Å². The molecule has 0 saturated heterocycles. The zero-order valence-corrected chi connectivity index (χ0v) is 14.3. The Morgan fingerprint density at radius 2 is 1.89 bits per heavy atom. The van der Waals surface area contributed by atoms with Crippen LogP contribution in [0.2, 0.25) is 0 Å². The van der Waals surface area contributed by atoms with E-state index in [1.807, 2.05) is 36.4 Å². The van der Waals surface area contributed by atoms with E-state index in [-0.39, 0.29) is 17.3 Å². The van der Waals surface area contributed by atoms with Gasteiger partial charge in [-0.3, -0.25) is 0 Å². The van der Waals surface area contributed by atoms with Crippen molar-refractivity contribution < 1.29 is 18.4 Å². The number of halogens is 1. The Morgan fingerprint density at radius 3 is 2.70 bits per heavy atom. The molecule has 2 aromatic heterocycles. The number of aromatic nitrogens is 2. The summed E-state index contributed by atoms with van der Waals surface area (Å²) in [5, 5.41) is 13.7. The molecule has 0 bridgehead atoms. The number of fused-ring (bicyclic) bond motifs is 3. The van der Waals surface area contributed by atoms with Crippen molar-refractivity contribution in [2.75, 3.05) is 0 Å². The molecule has 2 aromatic carbocycles. The van der Waals surface area contributed by atoms with Crippen LogP contribution in [0.25, 0.3) is 34.2 Å². The van der Waals surface area contributed by atoms with Crippen LogP contribution < -0.4 is 0 Å². The molecule has 134 valence electrons. The average molecular weight is 362 g/mol. The van der Waals surface area contributed by atoms with Crippen molar-refractivity contribution in [1.29, 1.82) is 0 Å². The molecule has 0 spiro atoms. The molecule has 4 aromatic rings. The summed E-state index contributed by atoms with van der Waals surface area (Å²) in [6.45, 7) is -0.736. The number of phenols is 1. The highest BCUT2D eigenvalue weighted by Gasteiger charge is 2.27. The first kappa shape index (κ1) is 15.8. The maximum atomic E-state index is 13.8. The number of rotatable bonds is 3. The molecular weight excluding hydrogens is 347 g/mol. The van der Waals surface area contributed by atoms with Crippen molar-refractivity contribution >= 4 is 0 Å². The van der Waals surface area contributed by atoms with Crippen molar-refractivity contribution in [3.8, 4) is 40.0 Å². The van der Waals surface area contributed by atoms with Crippen LogP contribution in [0.15, 0.2) is 57.5 Å². The van der Waals surface area contributed by atoms with Gasteiger partial charge in [0.2, 0.25) is 5.89 Å². The topological polar surface area (TPSA) is 72.3 Å². The third kappa shape index (κ3) is 2.52. The Labute approximate surface area is 154 Å². The van der Waals surface area contributed by atoms with Crippen molar-refractivity contribution in [2.24, 2.45) is 0 Å². The van der Waals surface area contributed by atoms with Gasteiger partial charge in [0.1, 0.15) is 12.4 Å². The van der Waals surface area contributed by atoms with Crippen LogP contribution in [-0.2, 0) is 19.5 Å². The molecule has 1 N–H and O–H groups in total. The van der Waals surface area contributed by atoms with E-state index in [0.717, 1.165) is 28.8 Å². The summed E-state index contributed by atoms with van der Waals surface area (Å²) in [6, 6.07) is 14.4. The molecule has 0 aliphatic heterocycles. The molecule has 1 aliphatic rings. The summed E-state index contributed by atoms with van der Waals surface area (Å²) in [5.74, 6) is 1.50. The second-order valence-corrected chi connectivity index (χ2v) is 6.47. The standard InChI is InChI=1S/C21H15FN2O3/c22-11-16-18(24-27-19(16)12-4-2-1-3-5-12)21-23-17-9-6-13-10-14(25)7-8-15(13)20(17)26-21/h1-5,7-8,10,25H,6,9,11H2. The first-order chi connectivity index (χ1) is 13.2. The molecule has 0 fully saturated rings. The molecule has 0 radical (unpaired) electrons. The molecule has 5 rings (SSSR count). The second-order valence-electron chi connectivity index (χ2n) is 6.47. The van der Waals surface area contributed by atoms with E-state index < -0.39 is 6.67 Å². The zero-order valence-electron chi connectivity index (χ0n) is 14.3. The zero-order chi connectivity index (χ0) is 18.4. The fourth-order valence-corrected chi connectivity index (χ4v) is 3.51. The number of aryl methyl sites for hydroxylation is 2. The molecule has 1 aliphatic carbocycles. The molecular formula is C21H15FN2O3. The highest BCUT2D eigenvalue weighted by molar-refractivity contribution is 5.72. The summed E-state index contributed by atoms with van der Waals surface area (Å²) < 4.78 is 25.2. The predicted octanol–water partition coefficient (Wildman–Crippen LogP) is 4.94. The number of benzene rings is 2. The Bertz CT molecular complexity index is 1130. The van der Waals surface area contributed by atoms with Gasteiger partial charge in [-0.05, 0) is 36.6 Å². The van der Waals surface area contributed by atoms with E-state index in [4.69, 9.17) is 8.94 Å². The van der Waals surface area contributed by atoms with E-state index in [9.17, 15) is 9.50 Å². The van der Waals surface area contributed by atoms with Gasteiger partial charge in [-0.1, -0.05) is 35.5 Å². The molecule has 5 nitrogen and oxygen atoms in total. The van der Waals surface area contributed by atoms with Crippen LogP contribution in [0, 0.1) is 0 Å². The van der Waals surface area contributed by atoms with Gasteiger partial charge < -0.3 is 14.0 Å². The highest BCUT2D eigenvalue weighted by Crippen LogP contribution is 2.39. The minimum absolute atomic E-state index is 0.223. The van der Waals surface area contributed by atoms with Crippen LogP contribution in [-0.4, -0.2) is 15.2 Å². The number of phenolic OH excluding ortho intramolecular Hbond substituents is 1. The molecule has 27 heavy (non-hydrogen) atoms. The minimum Gasteiger partial charge on any atom is -0.508 e. The Hall–Kier alpha value is -3.41. The van der Waals surface area contributed by atoms with Gasteiger partial charge in [0.15, 0.2) is 17.2 Å². The number of oxazole rings is 1. The van der Waals surface area contributed by atoms with E-state index in [2.05, 4.69) is 10.1 Å². The largest absolute Gasteiger partial charge is 0.508 e. The van der Waals surface area contributed by atoms with Crippen LogP contribution in [0.5, 0.6) is 5.75 Å². The first-order valence-electron chi connectivity index (χ1n) is 8.67. The average Bonchev–Trinajstić information content (AvgIpc) is 3.32. The van der Waals surface area contributed by atoms with Gasteiger partial charge in [0.05, 0.1) is 11.3 Å². The number of nitrogens with zero attached hydrogens (tertiary/aromatic N) is 2. The summed E-state index contributed by atoms with van der Waals surface area (Å²) in [6.07, 6.45) is 1.44. The fraction of sp³-hybridized carbons (Fsp3) is 0.143. The van der Waals surface area contributed by atoms with Crippen LogP contribution in [0.4, 0.5) is 4.39 Å². The van der Waals surface area contributed by atoms with E-state index >= 15 is 0 Å². The molecule has 6 heteroatoms. The second kappa shape index (κ2) is 6.09. The lowest BCUT2D eigenvalue weighted by atomic mass is 9.93. The van der Waals surface area contributed by atoms with E-state index in [0.29, 0.717) is 23.5 Å². The molecule has 0 saturated carbocycles. The lowest BCUT2D eigenvalue weighted by Crippen LogP contribution is -2.02. The highest BCUT2D eigenvalue weighted by atomic mass is 19.1. The van der Waals surface area contributed by atoms with Gasteiger partial charge in [0.25, 0.3) is 0 Å². The number of alkyl halides is 1. The minimum atomic E-state index is -0.736. The van der Waals surface area contributed by atoms with Crippen molar-refractivity contribution in [3.63, 3.8) is 0 Å². The van der Waals surface area contributed by atoms with Gasteiger partial charge in [-0.15, -0.1) is 0 Å². The lowest BCUT2D eigenvalue weighted by molar-refractivity contribution is 0.427. The molecule has 0 atom stereocenters. The van der Waals surface area contributed by atoms with Gasteiger partial charge in [0, 0.05) is 11.1 Å². The number of hydrogen-bond acceptors (Lipinski definition) is 5. The maximum absolute atomic E-state index is 13.8. The summed E-state index contributed by atoms with van der Waals surface area (Å²) >= 11 is 0. The van der Waals surface area contributed by atoms with Crippen LogP contribution >= 0.6 is 0 Å². The SMILES string of the molecule is Oc1ccc2c(c1)CCc1nc(-c3noc(-c4ccccc4)c3CF)oc1-2. The van der Waals surface area contributed by atoms with Crippen molar-refractivity contribution in [3.05, 3.63) is 65.4 Å². The molecule has 2 heterocycles. The smallest absolute Gasteiger partial charge is 0.249 e. The summed E-state index contributed by atoms with van der Waals surface area (Å²) in [5.41, 5.74) is 4.05. The number of aromatic hydroxyl groups is 1. The summed E-state index contributed by atoms with van der Waals surface area (Å²) in [4.78, 5) is 4.54. The summed E-state index contributed by atoms with van der Waals surface area (Å²) in [7, 11) is 0. The third-order valence-corrected chi connectivity index (χ3v) is 4.82. The monoisotopic (exact) mass is 362 g/mol. The Balaban J connectivity index is 1.62. The van der Waals surface area contributed by atoms with E-state index in [1.54, 1.807) is 12.1 Å². The van der Waals surface area contributed by atoms with Gasteiger partial charge in [-0.25, -0.2) is 9.37 Å². The Morgan fingerprint density at radius 1 is 1.04 bits per heavy atom. The van der Waals surface area contributed by atoms with Crippen LogP contribution in [0.3, 0.4) is 0 Å². The lowest BCUT2D eigenvalue weighted by Gasteiger charge is -2.13. The molecule has 0 amide bonds. The maximum Gasteiger partial charge on any atom is 0.249 e. The fourth-order valence-electron chi connectivity index (χ4n) is 3.51. The quantitative estimate of drug-likeness (QED) is 0.559.